The van der Waals surface area contributed by atoms with Crippen LogP contribution in [0.3, 0.4) is 0 Å². The molecule has 0 spiro atoms. The van der Waals surface area contributed by atoms with Crippen LogP contribution in [0.4, 0.5) is 0 Å². The molecule has 0 aliphatic carbocycles. The van der Waals surface area contributed by atoms with Gasteiger partial charge >= 0.3 is 5.97 Å². The summed E-state index contributed by atoms with van der Waals surface area (Å²) in [5, 5.41) is 8.66. The molecule has 1 aromatic heterocycles. The maximum atomic E-state index is 10.6. The molecule has 0 aromatic carbocycles. The second-order valence-corrected chi connectivity index (χ2v) is 4.15. The van der Waals surface area contributed by atoms with E-state index in [1.54, 1.807) is 0 Å². The molecule has 0 saturated heterocycles. The van der Waals surface area contributed by atoms with Gasteiger partial charge in [0.25, 0.3) is 0 Å². The highest BCUT2D eigenvalue weighted by Gasteiger charge is 2.15. The third kappa shape index (κ3) is 3.27. The topological polar surface area (TPSA) is 89.1 Å². The molecule has 1 heterocycles. The van der Waals surface area contributed by atoms with E-state index < -0.39 is 12.0 Å². The maximum Gasteiger partial charge on any atom is 0.305 e. The van der Waals surface area contributed by atoms with Crippen molar-refractivity contribution in [3.05, 3.63) is 23.3 Å². The summed E-state index contributed by atoms with van der Waals surface area (Å²) in [4.78, 5) is 19.0. The summed E-state index contributed by atoms with van der Waals surface area (Å²) in [6.45, 7) is 5.90. The van der Waals surface area contributed by atoms with Crippen LogP contribution in [0.25, 0.3) is 0 Å². The molecule has 0 saturated carbocycles. The maximum absolute atomic E-state index is 10.6. The first kappa shape index (κ1) is 12.6. The Bertz CT molecular complexity index is 391. The summed E-state index contributed by atoms with van der Waals surface area (Å²) in [7, 11) is 0. The average molecular weight is 223 g/mol. The Morgan fingerprint density at radius 3 is 2.62 bits per heavy atom. The van der Waals surface area contributed by atoms with Crippen LogP contribution in [0.5, 0.6) is 0 Å². The van der Waals surface area contributed by atoms with Gasteiger partial charge in [0.15, 0.2) is 0 Å². The van der Waals surface area contributed by atoms with Crippen molar-refractivity contribution < 1.29 is 9.90 Å². The van der Waals surface area contributed by atoms with Crippen LogP contribution in [0.1, 0.15) is 49.4 Å². The number of carboxylic acids is 1. The van der Waals surface area contributed by atoms with Gasteiger partial charge in [0.05, 0.1) is 12.5 Å². The second-order valence-electron chi connectivity index (χ2n) is 4.15. The van der Waals surface area contributed by atoms with Crippen molar-refractivity contribution in [2.75, 3.05) is 0 Å². The summed E-state index contributed by atoms with van der Waals surface area (Å²) in [5.74, 6) is -0.257. The minimum absolute atomic E-state index is 0.152. The molecule has 1 aromatic rings. The van der Waals surface area contributed by atoms with E-state index in [4.69, 9.17) is 10.8 Å². The fourth-order valence-corrected chi connectivity index (χ4v) is 1.36. The van der Waals surface area contributed by atoms with Crippen molar-refractivity contribution >= 4 is 5.97 Å². The van der Waals surface area contributed by atoms with Gasteiger partial charge in [0, 0.05) is 11.4 Å². The first-order chi connectivity index (χ1) is 7.40. The van der Waals surface area contributed by atoms with Crippen LogP contribution in [0.15, 0.2) is 6.07 Å². The average Bonchev–Trinajstić information content (AvgIpc) is 2.15. The number of hydrogen-bond donors (Lipinski definition) is 2. The normalized spacial score (nSPS) is 12.8. The first-order valence-electron chi connectivity index (χ1n) is 5.23. The second kappa shape index (κ2) is 5.03. The Kier molecular flexibility index (Phi) is 3.95. The Labute approximate surface area is 94.7 Å². The largest absolute Gasteiger partial charge is 0.481 e. The van der Waals surface area contributed by atoms with E-state index >= 15 is 0 Å². The van der Waals surface area contributed by atoms with Crippen molar-refractivity contribution in [2.24, 2.45) is 5.73 Å². The predicted molar refractivity (Wildman–Crippen MR) is 60.0 cm³/mol. The van der Waals surface area contributed by atoms with Gasteiger partial charge in [0.2, 0.25) is 0 Å². The third-order valence-corrected chi connectivity index (χ3v) is 2.21. The number of rotatable bonds is 4. The lowest BCUT2D eigenvalue weighted by Crippen LogP contribution is -2.19. The van der Waals surface area contributed by atoms with Gasteiger partial charge in [-0.3, -0.25) is 4.79 Å². The zero-order valence-electron chi connectivity index (χ0n) is 9.77. The van der Waals surface area contributed by atoms with Crippen molar-refractivity contribution in [3.8, 4) is 0 Å². The van der Waals surface area contributed by atoms with E-state index in [9.17, 15) is 4.79 Å². The van der Waals surface area contributed by atoms with E-state index in [0.29, 0.717) is 5.82 Å². The van der Waals surface area contributed by atoms with Gasteiger partial charge in [0.1, 0.15) is 5.82 Å². The summed E-state index contributed by atoms with van der Waals surface area (Å²) in [5.41, 5.74) is 7.43. The SMILES string of the molecule is Cc1cc(C(C)C)nc(C(N)CC(=O)O)n1. The van der Waals surface area contributed by atoms with Crippen LogP contribution in [0.2, 0.25) is 0 Å². The Morgan fingerprint density at radius 2 is 2.12 bits per heavy atom. The van der Waals surface area contributed by atoms with Crippen LogP contribution >= 0.6 is 0 Å². The number of aryl methyl sites for hydroxylation is 1. The fraction of sp³-hybridized carbons (Fsp3) is 0.545. The summed E-state index contributed by atoms with van der Waals surface area (Å²) >= 11 is 0. The van der Waals surface area contributed by atoms with Crippen LogP contribution < -0.4 is 5.73 Å². The molecule has 0 bridgehead atoms. The summed E-state index contributed by atoms with van der Waals surface area (Å²) < 4.78 is 0. The molecular formula is C11H17N3O2. The molecule has 1 unspecified atom stereocenters. The number of nitrogens with two attached hydrogens (primary N) is 1. The van der Waals surface area contributed by atoms with E-state index in [1.165, 1.54) is 0 Å². The number of carbonyl (C=O) groups is 1. The third-order valence-electron chi connectivity index (χ3n) is 2.21. The zero-order valence-corrected chi connectivity index (χ0v) is 9.77. The molecule has 0 aliphatic rings. The lowest BCUT2D eigenvalue weighted by atomic mass is 10.1. The quantitative estimate of drug-likeness (QED) is 0.805. The van der Waals surface area contributed by atoms with Gasteiger partial charge < -0.3 is 10.8 Å². The number of carboxylic acid groups (broad SMARTS) is 1. The number of aliphatic carboxylic acids is 1. The number of nitrogens with zero attached hydrogens (tertiary/aromatic N) is 2. The molecule has 1 atom stereocenters. The van der Waals surface area contributed by atoms with E-state index in [-0.39, 0.29) is 12.3 Å². The van der Waals surface area contributed by atoms with Crippen molar-refractivity contribution in [1.29, 1.82) is 0 Å². The summed E-state index contributed by atoms with van der Waals surface area (Å²) in [6.07, 6.45) is -0.152. The molecule has 1 rings (SSSR count). The standard InChI is InChI=1S/C11H17N3O2/c1-6(2)9-4-7(3)13-11(14-9)8(12)5-10(15)16/h4,6,8H,5,12H2,1-3H3,(H,15,16). The van der Waals surface area contributed by atoms with Gasteiger partial charge in [-0.05, 0) is 18.9 Å². The molecule has 5 nitrogen and oxygen atoms in total. The molecule has 88 valence electrons. The van der Waals surface area contributed by atoms with Crippen LogP contribution in [0, 0.1) is 6.92 Å². The lowest BCUT2D eigenvalue weighted by Gasteiger charge is -2.12. The van der Waals surface area contributed by atoms with Gasteiger partial charge in [-0.2, -0.15) is 0 Å². The summed E-state index contributed by atoms with van der Waals surface area (Å²) in [6, 6.07) is 1.25. The highest BCUT2D eigenvalue weighted by atomic mass is 16.4. The predicted octanol–water partition coefficient (Wildman–Crippen LogP) is 1.38. The zero-order chi connectivity index (χ0) is 12.3. The van der Waals surface area contributed by atoms with Crippen molar-refractivity contribution in [2.45, 2.75) is 39.2 Å². The Morgan fingerprint density at radius 1 is 1.50 bits per heavy atom. The molecule has 0 amide bonds. The van der Waals surface area contributed by atoms with Gasteiger partial charge in [-0.25, -0.2) is 9.97 Å². The molecule has 0 radical (unpaired) electrons. The number of aromatic nitrogens is 2. The Balaban J connectivity index is 2.99. The van der Waals surface area contributed by atoms with Crippen LogP contribution in [-0.4, -0.2) is 21.0 Å². The van der Waals surface area contributed by atoms with Crippen LogP contribution in [-0.2, 0) is 4.79 Å². The van der Waals surface area contributed by atoms with E-state index in [2.05, 4.69) is 9.97 Å². The highest BCUT2D eigenvalue weighted by Crippen LogP contribution is 2.16. The smallest absolute Gasteiger partial charge is 0.305 e. The number of hydrogen-bond acceptors (Lipinski definition) is 4. The monoisotopic (exact) mass is 223 g/mol. The van der Waals surface area contributed by atoms with E-state index in [0.717, 1.165) is 11.4 Å². The highest BCUT2D eigenvalue weighted by molar-refractivity contribution is 5.67. The molecule has 3 N–H and O–H groups in total. The molecular weight excluding hydrogens is 206 g/mol. The minimum atomic E-state index is -0.941. The molecule has 16 heavy (non-hydrogen) atoms. The van der Waals surface area contributed by atoms with Gasteiger partial charge in [-0.15, -0.1) is 0 Å². The van der Waals surface area contributed by atoms with Gasteiger partial charge in [-0.1, -0.05) is 13.8 Å². The molecule has 5 heteroatoms. The fourth-order valence-electron chi connectivity index (χ4n) is 1.36. The minimum Gasteiger partial charge on any atom is -0.481 e. The first-order valence-corrected chi connectivity index (χ1v) is 5.23. The molecule has 0 aliphatic heterocycles. The lowest BCUT2D eigenvalue weighted by molar-refractivity contribution is -0.137. The Hall–Kier alpha value is -1.49. The van der Waals surface area contributed by atoms with E-state index in [1.807, 2.05) is 26.8 Å². The molecule has 0 fully saturated rings. The van der Waals surface area contributed by atoms with Crippen molar-refractivity contribution in [1.82, 2.24) is 9.97 Å². The van der Waals surface area contributed by atoms with Crippen molar-refractivity contribution in [3.63, 3.8) is 0 Å².